The third kappa shape index (κ3) is 4.67. The van der Waals surface area contributed by atoms with Gasteiger partial charge in [-0.15, -0.1) is 0 Å². The molecule has 154 valence electrons. The highest BCUT2D eigenvalue weighted by Crippen LogP contribution is 2.35. The number of carbonyl (C=O) groups is 1. The van der Waals surface area contributed by atoms with E-state index in [1.165, 1.54) is 12.5 Å². The largest absolute Gasteiger partial charge is 0.416 e. The molecule has 0 radical (unpaired) electrons. The molecule has 6 nitrogen and oxygen atoms in total. The number of amides is 1. The number of nitro groups is 1. The highest BCUT2D eigenvalue weighted by molar-refractivity contribution is 5.85. The molecule has 0 unspecified atom stereocenters. The van der Waals surface area contributed by atoms with Crippen LogP contribution in [0, 0.1) is 10.1 Å². The lowest BCUT2D eigenvalue weighted by Gasteiger charge is -2.27. The number of benzene rings is 2. The second-order valence-corrected chi connectivity index (χ2v) is 7.01. The lowest BCUT2D eigenvalue weighted by molar-refractivity contribution is -0.384. The van der Waals surface area contributed by atoms with Crippen molar-refractivity contribution in [1.82, 2.24) is 5.32 Å². The van der Waals surface area contributed by atoms with E-state index in [4.69, 9.17) is 0 Å². The molecule has 0 saturated carbocycles. The number of hydrogen-bond acceptors (Lipinski definition) is 4. The van der Waals surface area contributed by atoms with Crippen molar-refractivity contribution < 1.29 is 22.9 Å². The Bertz CT molecular complexity index is 931. The van der Waals surface area contributed by atoms with E-state index in [0.29, 0.717) is 6.07 Å². The minimum absolute atomic E-state index is 0.144. The summed E-state index contributed by atoms with van der Waals surface area (Å²) in [6.07, 6.45) is -2.06. The van der Waals surface area contributed by atoms with Crippen LogP contribution in [-0.2, 0) is 17.4 Å². The summed E-state index contributed by atoms with van der Waals surface area (Å²) in [5.74, 6) is -0.388. The molecule has 0 spiro atoms. The predicted octanol–water partition coefficient (Wildman–Crippen LogP) is 4.61. The number of carbonyl (C=O) groups excluding carboxylic acids is 1. The van der Waals surface area contributed by atoms with Crippen LogP contribution in [0.25, 0.3) is 0 Å². The summed E-state index contributed by atoms with van der Waals surface area (Å²) in [6.45, 7) is 1.51. The summed E-state index contributed by atoms with van der Waals surface area (Å²) in [5, 5.41) is 16.8. The zero-order chi connectivity index (χ0) is 21.2. The molecule has 9 heteroatoms. The molecule has 2 aromatic rings. The Morgan fingerprint density at radius 1 is 1.24 bits per heavy atom. The van der Waals surface area contributed by atoms with E-state index in [1.807, 2.05) is 24.3 Å². The number of anilines is 1. The normalized spacial score (nSPS) is 17.2. The second kappa shape index (κ2) is 8.10. The van der Waals surface area contributed by atoms with E-state index in [1.54, 1.807) is 0 Å². The van der Waals surface area contributed by atoms with Crippen molar-refractivity contribution in [3.63, 3.8) is 0 Å². The molecule has 0 saturated heterocycles. The lowest BCUT2D eigenvalue weighted by atomic mass is 9.87. The minimum atomic E-state index is -4.69. The molecule has 29 heavy (non-hydrogen) atoms. The first kappa shape index (κ1) is 20.6. The third-order valence-corrected chi connectivity index (χ3v) is 4.97. The molecule has 1 aliphatic carbocycles. The Hall–Kier alpha value is -3.10. The Kier molecular flexibility index (Phi) is 5.76. The predicted molar refractivity (Wildman–Crippen MR) is 101 cm³/mol. The summed E-state index contributed by atoms with van der Waals surface area (Å²) < 4.78 is 38.5. The van der Waals surface area contributed by atoms with Gasteiger partial charge in [-0.1, -0.05) is 24.3 Å². The fourth-order valence-electron chi connectivity index (χ4n) is 3.48. The van der Waals surface area contributed by atoms with Gasteiger partial charge in [-0.25, -0.2) is 0 Å². The molecule has 1 amide bonds. The zero-order valence-corrected chi connectivity index (χ0v) is 15.6. The summed E-state index contributed by atoms with van der Waals surface area (Å²) in [7, 11) is 0. The van der Waals surface area contributed by atoms with Crippen molar-refractivity contribution in [3.05, 3.63) is 69.3 Å². The van der Waals surface area contributed by atoms with E-state index in [9.17, 15) is 28.1 Å². The van der Waals surface area contributed by atoms with Gasteiger partial charge in [0.15, 0.2) is 0 Å². The molecule has 3 rings (SSSR count). The van der Waals surface area contributed by atoms with Crippen LogP contribution < -0.4 is 10.6 Å². The van der Waals surface area contributed by atoms with Gasteiger partial charge in [-0.2, -0.15) is 13.2 Å². The second-order valence-electron chi connectivity index (χ2n) is 7.01. The Balaban J connectivity index is 1.74. The summed E-state index contributed by atoms with van der Waals surface area (Å²) in [5.41, 5.74) is 0.214. The van der Waals surface area contributed by atoms with Crippen molar-refractivity contribution in [2.24, 2.45) is 0 Å². The van der Waals surface area contributed by atoms with E-state index >= 15 is 0 Å². The van der Waals surface area contributed by atoms with Gasteiger partial charge in [-0.3, -0.25) is 14.9 Å². The molecule has 2 atom stereocenters. The average Bonchev–Trinajstić information content (AvgIpc) is 2.67. The number of hydrogen-bond donors (Lipinski definition) is 2. The van der Waals surface area contributed by atoms with Crippen LogP contribution >= 0.6 is 0 Å². The number of rotatable bonds is 5. The topological polar surface area (TPSA) is 84.3 Å². The first-order valence-electron chi connectivity index (χ1n) is 9.17. The molecule has 2 aromatic carbocycles. The Morgan fingerprint density at radius 3 is 2.66 bits per heavy atom. The van der Waals surface area contributed by atoms with Crippen molar-refractivity contribution in [1.29, 1.82) is 0 Å². The first-order valence-corrected chi connectivity index (χ1v) is 9.17. The van der Waals surface area contributed by atoms with E-state index in [2.05, 4.69) is 10.6 Å². The molecule has 0 aliphatic heterocycles. The minimum Gasteiger partial charge on any atom is -0.368 e. The van der Waals surface area contributed by atoms with Gasteiger partial charge in [0.2, 0.25) is 5.91 Å². The van der Waals surface area contributed by atoms with Gasteiger partial charge >= 0.3 is 6.18 Å². The van der Waals surface area contributed by atoms with Crippen molar-refractivity contribution in [3.8, 4) is 0 Å². The number of fused-ring (bicyclic) bond motifs is 1. The summed E-state index contributed by atoms with van der Waals surface area (Å²) >= 11 is 0. The van der Waals surface area contributed by atoms with E-state index < -0.39 is 28.4 Å². The number of alkyl halides is 3. The van der Waals surface area contributed by atoms with Crippen LogP contribution in [-0.4, -0.2) is 16.9 Å². The van der Waals surface area contributed by atoms with Gasteiger partial charge in [0, 0.05) is 6.07 Å². The number of halogens is 3. The fourth-order valence-corrected chi connectivity index (χ4v) is 3.48. The maximum atomic E-state index is 12.8. The molecular formula is C20H20F3N3O3. The standard InChI is InChI=1S/C20H20F3N3O3/c1-12(19(27)25-16-8-4-6-13-5-2-3-7-15(13)16)24-17-10-9-14(20(21,22)23)11-18(17)26(28)29/h2-3,5,7,9-12,16,24H,4,6,8H2,1H3,(H,25,27)/t12-,16+/m0/s1. The molecular weight excluding hydrogens is 387 g/mol. The Labute approximate surface area is 165 Å². The summed E-state index contributed by atoms with van der Waals surface area (Å²) in [4.78, 5) is 22.9. The highest BCUT2D eigenvalue weighted by atomic mass is 19.4. The number of nitrogens with one attached hydrogen (secondary N) is 2. The molecule has 0 fully saturated rings. The average molecular weight is 407 g/mol. The molecule has 0 aromatic heterocycles. The van der Waals surface area contributed by atoms with Crippen molar-refractivity contribution in [2.75, 3.05) is 5.32 Å². The zero-order valence-electron chi connectivity index (χ0n) is 15.6. The number of nitrogens with zero attached hydrogens (tertiary/aromatic N) is 1. The first-order chi connectivity index (χ1) is 13.7. The van der Waals surface area contributed by atoms with E-state index in [0.717, 1.165) is 37.0 Å². The highest BCUT2D eigenvalue weighted by Gasteiger charge is 2.33. The van der Waals surface area contributed by atoms with Crippen LogP contribution in [0.15, 0.2) is 42.5 Å². The third-order valence-electron chi connectivity index (χ3n) is 4.97. The van der Waals surface area contributed by atoms with Gasteiger partial charge in [0.05, 0.1) is 16.5 Å². The van der Waals surface area contributed by atoms with E-state index in [-0.39, 0.29) is 17.6 Å². The van der Waals surface area contributed by atoms with Gasteiger partial charge < -0.3 is 10.6 Å². The van der Waals surface area contributed by atoms with Crippen molar-refractivity contribution >= 4 is 17.3 Å². The molecule has 0 bridgehead atoms. The van der Waals surface area contributed by atoms with Crippen LogP contribution in [0.2, 0.25) is 0 Å². The monoisotopic (exact) mass is 407 g/mol. The molecule has 0 heterocycles. The molecule has 2 N–H and O–H groups in total. The van der Waals surface area contributed by atoms with Crippen LogP contribution in [0.4, 0.5) is 24.5 Å². The van der Waals surface area contributed by atoms with Gasteiger partial charge in [0.25, 0.3) is 5.69 Å². The summed E-state index contributed by atoms with van der Waals surface area (Å²) in [6, 6.07) is 8.95. The van der Waals surface area contributed by atoms with Gasteiger partial charge in [0.1, 0.15) is 11.7 Å². The smallest absolute Gasteiger partial charge is 0.368 e. The fraction of sp³-hybridized carbons (Fsp3) is 0.350. The quantitative estimate of drug-likeness (QED) is 0.560. The lowest BCUT2D eigenvalue weighted by Crippen LogP contribution is -2.40. The van der Waals surface area contributed by atoms with Crippen LogP contribution in [0.5, 0.6) is 0 Å². The number of aryl methyl sites for hydroxylation is 1. The number of nitro benzene ring substituents is 1. The Morgan fingerprint density at radius 2 is 1.97 bits per heavy atom. The van der Waals surface area contributed by atoms with Gasteiger partial charge in [-0.05, 0) is 49.4 Å². The van der Waals surface area contributed by atoms with Crippen molar-refractivity contribution in [2.45, 2.75) is 44.4 Å². The molecule has 1 aliphatic rings. The van der Waals surface area contributed by atoms with Crippen LogP contribution in [0.1, 0.15) is 42.5 Å². The SMILES string of the molecule is C[C@H](Nc1ccc(C(F)(F)F)cc1[N+](=O)[O-])C(=O)N[C@@H]1CCCc2ccccc21. The maximum Gasteiger partial charge on any atom is 0.416 e. The van der Waals surface area contributed by atoms with Crippen LogP contribution in [0.3, 0.4) is 0 Å². The maximum absolute atomic E-state index is 12.8.